The number of nitrogens with two attached hydrogens (primary N) is 1. The Morgan fingerprint density at radius 3 is 2.59 bits per heavy atom. The summed E-state index contributed by atoms with van der Waals surface area (Å²) in [5.41, 5.74) is 8.51. The molecule has 0 bridgehead atoms. The minimum atomic E-state index is 0.0773. The van der Waals surface area contributed by atoms with Gasteiger partial charge in [0.15, 0.2) is 0 Å². The third-order valence-corrected chi connectivity index (χ3v) is 3.55. The Morgan fingerprint density at radius 1 is 1.29 bits per heavy atom. The summed E-state index contributed by atoms with van der Waals surface area (Å²) in [6.45, 7) is 3.78. The van der Waals surface area contributed by atoms with Gasteiger partial charge in [-0.05, 0) is 31.4 Å². The van der Waals surface area contributed by atoms with Gasteiger partial charge in [0.1, 0.15) is 0 Å². The molecule has 0 saturated carbocycles. The van der Waals surface area contributed by atoms with Crippen LogP contribution in [0.1, 0.15) is 31.4 Å². The second kappa shape index (κ2) is 5.52. The Bertz CT molecular complexity index is 359. The fourth-order valence-corrected chi connectivity index (χ4v) is 2.46. The summed E-state index contributed by atoms with van der Waals surface area (Å²) in [5, 5.41) is 0. The van der Waals surface area contributed by atoms with E-state index in [0.717, 1.165) is 26.1 Å². The van der Waals surface area contributed by atoms with Crippen LogP contribution < -0.4 is 10.6 Å². The highest BCUT2D eigenvalue weighted by molar-refractivity contribution is 5.55. The van der Waals surface area contributed by atoms with E-state index >= 15 is 0 Å². The van der Waals surface area contributed by atoms with Gasteiger partial charge in [0.2, 0.25) is 0 Å². The van der Waals surface area contributed by atoms with Crippen molar-refractivity contribution < 1.29 is 4.74 Å². The molecule has 0 amide bonds. The van der Waals surface area contributed by atoms with Crippen molar-refractivity contribution in [3.05, 3.63) is 29.8 Å². The number of anilines is 1. The molecule has 0 spiro atoms. The van der Waals surface area contributed by atoms with Crippen molar-refractivity contribution in [3.8, 4) is 0 Å². The van der Waals surface area contributed by atoms with E-state index in [0.29, 0.717) is 6.04 Å². The van der Waals surface area contributed by atoms with Crippen molar-refractivity contribution in [2.75, 3.05) is 25.2 Å². The summed E-state index contributed by atoms with van der Waals surface area (Å²) in [7, 11) is 2.16. The number of para-hydroxylation sites is 1. The summed E-state index contributed by atoms with van der Waals surface area (Å²) in [4.78, 5) is 2.36. The van der Waals surface area contributed by atoms with Crippen LogP contribution in [0, 0.1) is 0 Å². The predicted octanol–water partition coefficient (Wildman–Crippen LogP) is 2.32. The number of nitrogens with zero attached hydrogens (tertiary/aromatic N) is 1. The molecule has 17 heavy (non-hydrogen) atoms. The molecule has 0 aliphatic carbocycles. The highest BCUT2D eigenvalue weighted by Crippen LogP contribution is 2.27. The first kappa shape index (κ1) is 12.4. The first-order valence-corrected chi connectivity index (χ1v) is 6.35. The Labute approximate surface area is 104 Å². The highest BCUT2D eigenvalue weighted by Gasteiger charge is 2.20. The third kappa shape index (κ3) is 2.79. The van der Waals surface area contributed by atoms with Gasteiger partial charge in [-0.15, -0.1) is 0 Å². The quantitative estimate of drug-likeness (QED) is 0.872. The van der Waals surface area contributed by atoms with E-state index in [1.165, 1.54) is 11.3 Å². The van der Waals surface area contributed by atoms with Gasteiger partial charge in [0, 0.05) is 38.0 Å². The Kier molecular flexibility index (Phi) is 4.02. The molecule has 0 radical (unpaired) electrons. The molecule has 1 aromatic rings. The molecule has 1 saturated heterocycles. The van der Waals surface area contributed by atoms with Gasteiger partial charge in [-0.2, -0.15) is 0 Å². The molecule has 2 N–H and O–H groups in total. The van der Waals surface area contributed by atoms with Crippen LogP contribution in [0.25, 0.3) is 0 Å². The molecule has 1 aliphatic rings. The molecule has 1 aromatic carbocycles. The largest absolute Gasteiger partial charge is 0.381 e. The normalized spacial score (nSPS) is 19.0. The standard InChI is InChI=1S/C14H22N2O/c1-11(15)13-5-3-4-6-14(13)16(2)12-7-9-17-10-8-12/h3-6,11-12H,7-10,15H2,1-2H3/t11-/m0/s1. The maximum absolute atomic E-state index is 6.03. The topological polar surface area (TPSA) is 38.5 Å². The zero-order valence-electron chi connectivity index (χ0n) is 10.7. The van der Waals surface area contributed by atoms with Gasteiger partial charge in [0.25, 0.3) is 0 Å². The second-order valence-electron chi connectivity index (χ2n) is 4.80. The maximum atomic E-state index is 6.03. The lowest BCUT2D eigenvalue weighted by Gasteiger charge is -2.34. The van der Waals surface area contributed by atoms with Gasteiger partial charge >= 0.3 is 0 Å². The number of hydrogen-bond donors (Lipinski definition) is 1. The molecule has 0 unspecified atom stereocenters. The van der Waals surface area contributed by atoms with Gasteiger partial charge in [-0.25, -0.2) is 0 Å². The summed E-state index contributed by atoms with van der Waals surface area (Å²) >= 11 is 0. The molecule has 1 aliphatic heterocycles. The monoisotopic (exact) mass is 234 g/mol. The van der Waals surface area contributed by atoms with Gasteiger partial charge in [-0.1, -0.05) is 18.2 Å². The van der Waals surface area contributed by atoms with Gasteiger partial charge < -0.3 is 15.4 Å². The van der Waals surface area contributed by atoms with E-state index in [2.05, 4.69) is 36.2 Å². The Morgan fingerprint density at radius 2 is 1.94 bits per heavy atom. The van der Waals surface area contributed by atoms with Crippen LogP contribution in [-0.4, -0.2) is 26.3 Å². The first-order valence-electron chi connectivity index (χ1n) is 6.35. The van der Waals surface area contributed by atoms with E-state index in [1.807, 2.05) is 6.92 Å². The average molecular weight is 234 g/mol. The van der Waals surface area contributed by atoms with Gasteiger partial charge in [0.05, 0.1) is 0 Å². The molecule has 1 fully saturated rings. The minimum absolute atomic E-state index is 0.0773. The lowest BCUT2D eigenvalue weighted by atomic mass is 10.0. The van der Waals surface area contributed by atoms with Gasteiger partial charge in [-0.3, -0.25) is 0 Å². The van der Waals surface area contributed by atoms with Crippen molar-refractivity contribution in [3.63, 3.8) is 0 Å². The van der Waals surface area contributed by atoms with Crippen LogP contribution in [0.2, 0.25) is 0 Å². The number of ether oxygens (including phenoxy) is 1. The zero-order chi connectivity index (χ0) is 12.3. The fourth-order valence-electron chi connectivity index (χ4n) is 2.46. The molecule has 1 atom stereocenters. The lowest BCUT2D eigenvalue weighted by Crippen LogP contribution is -2.37. The fraction of sp³-hybridized carbons (Fsp3) is 0.571. The van der Waals surface area contributed by atoms with E-state index in [9.17, 15) is 0 Å². The van der Waals surface area contributed by atoms with E-state index < -0.39 is 0 Å². The lowest BCUT2D eigenvalue weighted by molar-refractivity contribution is 0.0854. The van der Waals surface area contributed by atoms with Crippen LogP contribution in [-0.2, 0) is 4.74 Å². The predicted molar refractivity (Wildman–Crippen MR) is 71.3 cm³/mol. The van der Waals surface area contributed by atoms with E-state index in [-0.39, 0.29) is 6.04 Å². The Hall–Kier alpha value is -1.06. The van der Waals surface area contributed by atoms with Crippen molar-refractivity contribution in [2.45, 2.75) is 31.8 Å². The zero-order valence-corrected chi connectivity index (χ0v) is 10.7. The van der Waals surface area contributed by atoms with Crippen LogP contribution >= 0.6 is 0 Å². The average Bonchev–Trinajstić information content (AvgIpc) is 2.39. The first-order chi connectivity index (χ1) is 8.20. The van der Waals surface area contributed by atoms with Crippen LogP contribution in [0.4, 0.5) is 5.69 Å². The molecule has 2 rings (SSSR count). The summed E-state index contributed by atoms with van der Waals surface area (Å²) in [6.07, 6.45) is 2.20. The number of rotatable bonds is 3. The second-order valence-corrected chi connectivity index (χ2v) is 4.80. The summed E-state index contributed by atoms with van der Waals surface area (Å²) in [6, 6.07) is 9.07. The highest BCUT2D eigenvalue weighted by atomic mass is 16.5. The van der Waals surface area contributed by atoms with E-state index in [1.54, 1.807) is 0 Å². The maximum Gasteiger partial charge on any atom is 0.0485 e. The van der Waals surface area contributed by atoms with Crippen molar-refractivity contribution in [2.24, 2.45) is 5.73 Å². The molecule has 3 heteroatoms. The minimum Gasteiger partial charge on any atom is -0.381 e. The molecule has 0 aromatic heterocycles. The van der Waals surface area contributed by atoms with Crippen molar-refractivity contribution in [1.29, 1.82) is 0 Å². The number of benzene rings is 1. The summed E-state index contributed by atoms with van der Waals surface area (Å²) in [5.74, 6) is 0. The van der Waals surface area contributed by atoms with E-state index in [4.69, 9.17) is 10.5 Å². The van der Waals surface area contributed by atoms with Crippen molar-refractivity contribution in [1.82, 2.24) is 0 Å². The molecule has 3 nitrogen and oxygen atoms in total. The van der Waals surface area contributed by atoms with Crippen molar-refractivity contribution >= 4 is 5.69 Å². The molecule has 1 heterocycles. The third-order valence-electron chi connectivity index (χ3n) is 3.55. The Balaban J connectivity index is 2.20. The molecule has 94 valence electrons. The van der Waals surface area contributed by atoms with Crippen LogP contribution in [0.3, 0.4) is 0 Å². The smallest absolute Gasteiger partial charge is 0.0485 e. The molecular formula is C14H22N2O. The summed E-state index contributed by atoms with van der Waals surface area (Å²) < 4.78 is 5.41. The molecular weight excluding hydrogens is 212 g/mol. The van der Waals surface area contributed by atoms with Crippen LogP contribution in [0.5, 0.6) is 0 Å². The van der Waals surface area contributed by atoms with Crippen LogP contribution in [0.15, 0.2) is 24.3 Å². The SMILES string of the molecule is C[C@H](N)c1ccccc1N(C)C1CCOCC1. The number of hydrogen-bond acceptors (Lipinski definition) is 3.